The summed E-state index contributed by atoms with van der Waals surface area (Å²) in [7, 11) is 0. The first kappa shape index (κ1) is 21.4. The molecule has 0 unspecified atom stereocenters. The summed E-state index contributed by atoms with van der Waals surface area (Å²) in [6, 6.07) is 0. The summed E-state index contributed by atoms with van der Waals surface area (Å²) in [5.74, 6) is -0.729. The highest BCUT2D eigenvalue weighted by Gasteiger charge is 1.96. The molecule has 0 saturated heterocycles. The lowest BCUT2D eigenvalue weighted by molar-refractivity contribution is -0.137. The first-order valence-electron chi connectivity index (χ1n) is 8.70. The van der Waals surface area contributed by atoms with E-state index in [0.717, 1.165) is 32.1 Å². The molecule has 0 aliphatic rings. The number of aliphatic hydroxyl groups excluding tert-OH is 1. The number of carboxylic acids is 1. The zero-order chi connectivity index (χ0) is 17.2. The van der Waals surface area contributed by atoms with Crippen molar-refractivity contribution in [1.29, 1.82) is 0 Å². The van der Waals surface area contributed by atoms with Crippen LogP contribution in [0.3, 0.4) is 0 Å². The SMILES string of the molecule is CCCCC[C@H](O)/C=C/C=C\C/C=C/C/C=C\CCCC(=O)O. The van der Waals surface area contributed by atoms with Gasteiger partial charge in [-0.3, -0.25) is 4.79 Å². The first-order chi connectivity index (χ1) is 11.2. The van der Waals surface area contributed by atoms with Crippen molar-refractivity contribution < 1.29 is 15.0 Å². The van der Waals surface area contributed by atoms with Crippen molar-refractivity contribution >= 4 is 5.97 Å². The maximum absolute atomic E-state index is 10.3. The Morgan fingerprint density at radius 2 is 1.65 bits per heavy atom. The zero-order valence-electron chi connectivity index (χ0n) is 14.4. The number of unbranched alkanes of at least 4 members (excludes halogenated alkanes) is 3. The first-order valence-corrected chi connectivity index (χ1v) is 8.70. The molecule has 3 heteroatoms. The maximum atomic E-state index is 10.3. The molecule has 0 aromatic carbocycles. The van der Waals surface area contributed by atoms with E-state index in [0.29, 0.717) is 6.42 Å². The number of hydrogen-bond acceptors (Lipinski definition) is 2. The molecule has 0 aliphatic heterocycles. The highest BCUT2D eigenvalue weighted by molar-refractivity contribution is 5.66. The average Bonchev–Trinajstić information content (AvgIpc) is 2.51. The zero-order valence-corrected chi connectivity index (χ0v) is 14.4. The average molecular weight is 320 g/mol. The van der Waals surface area contributed by atoms with Crippen LogP contribution < -0.4 is 0 Å². The summed E-state index contributed by atoms with van der Waals surface area (Å²) in [5.41, 5.74) is 0. The molecular weight excluding hydrogens is 288 g/mol. The Bertz CT molecular complexity index is 392. The van der Waals surface area contributed by atoms with Gasteiger partial charge in [-0.2, -0.15) is 0 Å². The van der Waals surface area contributed by atoms with Crippen LogP contribution in [-0.4, -0.2) is 22.3 Å². The van der Waals surface area contributed by atoms with Crippen molar-refractivity contribution in [2.45, 2.75) is 70.8 Å². The van der Waals surface area contributed by atoms with Crippen molar-refractivity contribution in [3.05, 3.63) is 48.6 Å². The van der Waals surface area contributed by atoms with Crippen LogP contribution in [0.5, 0.6) is 0 Å². The quantitative estimate of drug-likeness (QED) is 0.263. The van der Waals surface area contributed by atoms with Crippen LogP contribution in [0.1, 0.15) is 64.7 Å². The Balaban J connectivity index is 3.57. The Kier molecular flexibility index (Phi) is 15.6. The van der Waals surface area contributed by atoms with Gasteiger partial charge in [-0.05, 0) is 32.1 Å². The van der Waals surface area contributed by atoms with E-state index in [-0.39, 0.29) is 12.5 Å². The van der Waals surface area contributed by atoms with E-state index in [1.54, 1.807) is 0 Å². The Hall–Kier alpha value is -1.61. The highest BCUT2D eigenvalue weighted by Crippen LogP contribution is 2.04. The number of allylic oxidation sites excluding steroid dienone is 7. The van der Waals surface area contributed by atoms with Crippen molar-refractivity contribution in [2.24, 2.45) is 0 Å². The number of rotatable bonds is 14. The fraction of sp³-hybridized carbons (Fsp3) is 0.550. The van der Waals surface area contributed by atoms with Crippen molar-refractivity contribution in [3.63, 3.8) is 0 Å². The van der Waals surface area contributed by atoms with Gasteiger partial charge in [0.2, 0.25) is 0 Å². The second-order valence-corrected chi connectivity index (χ2v) is 5.58. The van der Waals surface area contributed by atoms with E-state index in [1.165, 1.54) is 12.8 Å². The van der Waals surface area contributed by atoms with E-state index < -0.39 is 5.97 Å². The number of aliphatic hydroxyl groups is 1. The lowest BCUT2D eigenvalue weighted by Crippen LogP contribution is -2.00. The summed E-state index contributed by atoms with van der Waals surface area (Å²) in [6.07, 6.45) is 23.6. The maximum Gasteiger partial charge on any atom is 0.303 e. The summed E-state index contributed by atoms with van der Waals surface area (Å²) in [5, 5.41) is 18.2. The van der Waals surface area contributed by atoms with Gasteiger partial charge in [-0.15, -0.1) is 0 Å². The largest absolute Gasteiger partial charge is 0.481 e. The molecule has 0 fully saturated rings. The van der Waals surface area contributed by atoms with Crippen LogP contribution in [0.2, 0.25) is 0 Å². The Labute approximate surface area is 141 Å². The van der Waals surface area contributed by atoms with Crippen LogP contribution in [0.4, 0.5) is 0 Å². The van der Waals surface area contributed by atoms with Crippen LogP contribution in [0.25, 0.3) is 0 Å². The number of carbonyl (C=O) groups is 1. The molecule has 0 spiro atoms. The Morgan fingerprint density at radius 1 is 0.957 bits per heavy atom. The summed E-state index contributed by atoms with van der Waals surface area (Å²) in [4.78, 5) is 10.3. The molecule has 0 heterocycles. The van der Waals surface area contributed by atoms with Gasteiger partial charge in [-0.1, -0.05) is 74.8 Å². The highest BCUT2D eigenvalue weighted by atomic mass is 16.4. The molecule has 0 aromatic rings. The van der Waals surface area contributed by atoms with E-state index in [2.05, 4.69) is 31.2 Å². The molecule has 23 heavy (non-hydrogen) atoms. The molecule has 1 atom stereocenters. The van der Waals surface area contributed by atoms with Crippen molar-refractivity contribution in [3.8, 4) is 0 Å². The van der Waals surface area contributed by atoms with Gasteiger partial charge in [-0.25, -0.2) is 0 Å². The molecule has 0 rings (SSSR count). The fourth-order valence-corrected chi connectivity index (χ4v) is 1.98. The minimum Gasteiger partial charge on any atom is -0.481 e. The van der Waals surface area contributed by atoms with Gasteiger partial charge in [0.15, 0.2) is 0 Å². The third kappa shape index (κ3) is 18.3. The van der Waals surface area contributed by atoms with Crippen molar-refractivity contribution in [1.82, 2.24) is 0 Å². The second-order valence-electron chi connectivity index (χ2n) is 5.58. The van der Waals surface area contributed by atoms with Crippen LogP contribution in [0, 0.1) is 0 Å². The number of aliphatic carboxylic acids is 1. The lowest BCUT2D eigenvalue weighted by atomic mass is 10.1. The Morgan fingerprint density at radius 3 is 2.35 bits per heavy atom. The molecular formula is C20H32O3. The normalized spacial score (nSPS) is 13.8. The van der Waals surface area contributed by atoms with Gasteiger partial charge in [0, 0.05) is 6.42 Å². The fourth-order valence-electron chi connectivity index (χ4n) is 1.98. The number of carboxylic acid groups (broad SMARTS) is 1. The second kappa shape index (κ2) is 16.8. The topological polar surface area (TPSA) is 57.5 Å². The predicted octanol–water partition coefficient (Wildman–Crippen LogP) is 5.19. The minimum atomic E-state index is -0.729. The molecule has 130 valence electrons. The smallest absolute Gasteiger partial charge is 0.303 e. The van der Waals surface area contributed by atoms with Crippen molar-refractivity contribution in [2.75, 3.05) is 0 Å². The summed E-state index contributed by atoms with van der Waals surface area (Å²) in [6.45, 7) is 2.16. The molecule has 0 saturated carbocycles. The number of hydrogen-bond donors (Lipinski definition) is 2. The molecule has 0 bridgehead atoms. The van der Waals surface area contributed by atoms with Gasteiger partial charge in [0.1, 0.15) is 0 Å². The summed E-state index contributed by atoms with van der Waals surface area (Å²) >= 11 is 0. The van der Waals surface area contributed by atoms with E-state index >= 15 is 0 Å². The molecule has 3 nitrogen and oxygen atoms in total. The minimum absolute atomic E-state index is 0.242. The van der Waals surface area contributed by atoms with Gasteiger partial charge in [0.25, 0.3) is 0 Å². The molecule has 0 radical (unpaired) electrons. The van der Waals surface area contributed by atoms with Gasteiger partial charge in [0.05, 0.1) is 6.10 Å². The van der Waals surface area contributed by atoms with E-state index in [9.17, 15) is 9.90 Å². The third-order valence-corrected chi connectivity index (χ3v) is 3.32. The van der Waals surface area contributed by atoms with Crippen LogP contribution >= 0.6 is 0 Å². The third-order valence-electron chi connectivity index (χ3n) is 3.32. The lowest BCUT2D eigenvalue weighted by Gasteiger charge is -2.02. The summed E-state index contributed by atoms with van der Waals surface area (Å²) < 4.78 is 0. The van der Waals surface area contributed by atoms with Gasteiger partial charge < -0.3 is 10.2 Å². The van der Waals surface area contributed by atoms with Crippen LogP contribution in [-0.2, 0) is 4.79 Å². The van der Waals surface area contributed by atoms with Crippen LogP contribution in [0.15, 0.2) is 48.6 Å². The molecule has 0 aromatic heterocycles. The molecule has 0 aliphatic carbocycles. The predicted molar refractivity (Wildman–Crippen MR) is 97.4 cm³/mol. The van der Waals surface area contributed by atoms with E-state index in [1.807, 2.05) is 24.3 Å². The molecule has 0 amide bonds. The van der Waals surface area contributed by atoms with E-state index in [4.69, 9.17) is 5.11 Å². The standard InChI is InChI=1S/C20H32O3/c1-2-3-13-16-19(21)17-14-11-9-7-5-4-6-8-10-12-15-18-20(22)23/h4-5,8-11,14,17,19,21H,2-3,6-7,12-13,15-16,18H2,1H3,(H,22,23)/b5-4+,10-8-,11-9-,17-14+/t19-/m0/s1. The van der Waals surface area contributed by atoms with Gasteiger partial charge >= 0.3 is 5.97 Å². The monoisotopic (exact) mass is 320 g/mol. The molecule has 2 N–H and O–H groups in total.